The van der Waals surface area contributed by atoms with Crippen molar-refractivity contribution in [1.82, 2.24) is 0 Å². The molecule has 4 nitrogen and oxygen atoms in total. The van der Waals surface area contributed by atoms with Crippen molar-refractivity contribution in [2.45, 2.75) is 84.2 Å². The highest BCUT2D eigenvalue weighted by Gasteiger charge is 2.52. The van der Waals surface area contributed by atoms with E-state index in [0.29, 0.717) is 6.10 Å². The van der Waals surface area contributed by atoms with Crippen LogP contribution >= 0.6 is 0 Å². The van der Waals surface area contributed by atoms with Gasteiger partial charge < -0.3 is 18.8 Å². The van der Waals surface area contributed by atoms with E-state index in [1.54, 1.807) is 0 Å². The molecule has 1 aliphatic carbocycles. The zero-order chi connectivity index (χ0) is 17.8. The highest BCUT2D eigenvalue weighted by molar-refractivity contribution is 6.63. The van der Waals surface area contributed by atoms with Crippen molar-refractivity contribution in [2.75, 3.05) is 0 Å². The molecule has 1 aliphatic heterocycles. The van der Waals surface area contributed by atoms with Crippen LogP contribution in [0.3, 0.4) is 0 Å². The molecule has 132 valence electrons. The Morgan fingerprint density at radius 1 is 1.04 bits per heavy atom. The molecule has 24 heavy (non-hydrogen) atoms. The van der Waals surface area contributed by atoms with Crippen molar-refractivity contribution in [3.63, 3.8) is 0 Å². The van der Waals surface area contributed by atoms with Crippen LogP contribution in [-0.2, 0) is 9.31 Å². The van der Waals surface area contributed by atoms with E-state index >= 15 is 0 Å². The SMILES string of the molecule is CC(C)(C)Oc1ccc(OC2CC2)cc1B1OC(C)(C)C(C)(C)O1. The van der Waals surface area contributed by atoms with E-state index in [1.807, 2.05) is 39.0 Å². The third-order valence-corrected chi connectivity index (χ3v) is 4.73. The standard InChI is InChI=1S/C19H29BO4/c1-17(2,3)22-16-11-10-14(21-13-8-9-13)12-15(16)20-23-18(4,5)19(6,7)24-20/h10-13H,8-9H2,1-7H3. The van der Waals surface area contributed by atoms with Gasteiger partial charge in [-0.2, -0.15) is 0 Å². The van der Waals surface area contributed by atoms with Gasteiger partial charge in [0, 0.05) is 5.46 Å². The van der Waals surface area contributed by atoms with Gasteiger partial charge in [0.2, 0.25) is 0 Å². The summed E-state index contributed by atoms with van der Waals surface area (Å²) < 4.78 is 24.5. The first kappa shape index (κ1) is 17.6. The second-order valence-corrected chi connectivity index (χ2v) is 8.82. The van der Waals surface area contributed by atoms with Crippen LogP contribution in [0, 0.1) is 0 Å². The topological polar surface area (TPSA) is 36.9 Å². The maximum absolute atomic E-state index is 6.22. The van der Waals surface area contributed by atoms with Crippen LogP contribution in [0.5, 0.6) is 11.5 Å². The molecule has 0 aromatic heterocycles. The summed E-state index contributed by atoms with van der Waals surface area (Å²) in [6.07, 6.45) is 2.61. The average Bonchev–Trinajstić information content (AvgIpc) is 3.17. The Labute approximate surface area is 146 Å². The summed E-state index contributed by atoms with van der Waals surface area (Å²) in [5.41, 5.74) is -0.174. The molecule has 0 bridgehead atoms. The van der Waals surface area contributed by atoms with Gasteiger partial charge >= 0.3 is 7.12 Å². The van der Waals surface area contributed by atoms with Gasteiger partial charge in [-0.3, -0.25) is 0 Å². The van der Waals surface area contributed by atoms with Crippen molar-refractivity contribution < 1.29 is 18.8 Å². The van der Waals surface area contributed by atoms with E-state index in [-0.39, 0.29) is 16.8 Å². The first-order valence-electron chi connectivity index (χ1n) is 8.82. The largest absolute Gasteiger partial charge is 0.498 e. The van der Waals surface area contributed by atoms with Gasteiger partial charge in [-0.1, -0.05) is 0 Å². The maximum Gasteiger partial charge on any atom is 0.498 e. The van der Waals surface area contributed by atoms with Gasteiger partial charge in [0.05, 0.1) is 17.3 Å². The van der Waals surface area contributed by atoms with Crippen LogP contribution in [-0.4, -0.2) is 30.0 Å². The van der Waals surface area contributed by atoms with Crippen molar-refractivity contribution in [3.05, 3.63) is 18.2 Å². The Kier molecular flexibility index (Phi) is 4.16. The Morgan fingerprint density at radius 2 is 1.62 bits per heavy atom. The molecule has 0 unspecified atom stereocenters. The molecule has 1 saturated heterocycles. The van der Waals surface area contributed by atoms with Crippen LogP contribution in [0.4, 0.5) is 0 Å². The van der Waals surface area contributed by atoms with Crippen LogP contribution in [0.1, 0.15) is 61.3 Å². The van der Waals surface area contributed by atoms with Crippen molar-refractivity contribution in [3.8, 4) is 11.5 Å². The third-order valence-electron chi connectivity index (χ3n) is 4.73. The Morgan fingerprint density at radius 3 is 2.12 bits per heavy atom. The van der Waals surface area contributed by atoms with E-state index in [1.165, 1.54) is 0 Å². The van der Waals surface area contributed by atoms with Crippen molar-refractivity contribution in [2.24, 2.45) is 0 Å². The van der Waals surface area contributed by atoms with Gasteiger partial charge in [-0.15, -0.1) is 0 Å². The summed E-state index contributed by atoms with van der Waals surface area (Å²) >= 11 is 0. The van der Waals surface area contributed by atoms with E-state index in [4.69, 9.17) is 18.8 Å². The lowest BCUT2D eigenvalue weighted by molar-refractivity contribution is 0.00578. The fourth-order valence-electron chi connectivity index (χ4n) is 2.56. The van der Waals surface area contributed by atoms with Gasteiger partial charge in [-0.05, 0) is 79.5 Å². The van der Waals surface area contributed by atoms with E-state index in [0.717, 1.165) is 29.8 Å². The number of hydrogen-bond donors (Lipinski definition) is 0. The monoisotopic (exact) mass is 332 g/mol. The lowest BCUT2D eigenvalue weighted by atomic mass is 9.78. The molecule has 1 aromatic carbocycles. The van der Waals surface area contributed by atoms with Crippen LogP contribution < -0.4 is 14.9 Å². The van der Waals surface area contributed by atoms with Gasteiger partial charge in [0.15, 0.2) is 0 Å². The van der Waals surface area contributed by atoms with Crippen LogP contribution in [0.15, 0.2) is 18.2 Å². The minimum atomic E-state index is -0.463. The molecule has 0 amide bonds. The first-order chi connectivity index (χ1) is 11.0. The normalized spacial score (nSPS) is 22.5. The molecule has 0 radical (unpaired) electrons. The molecule has 3 rings (SSSR count). The molecular formula is C19H29BO4. The molecule has 0 N–H and O–H groups in total. The molecule has 2 fully saturated rings. The average molecular weight is 332 g/mol. The second kappa shape index (κ2) is 5.67. The summed E-state index contributed by atoms with van der Waals surface area (Å²) in [5, 5.41) is 0. The minimum absolute atomic E-state index is 0.294. The molecule has 0 atom stereocenters. The molecule has 1 aromatic rings. The highest BCUT2D eigenvalue weighted by Crippen LogP contribution is 2.38. The van der Waals surface area contributed by atoms with Crippen molar-refractivity contribution >= 4 is 12.6 Å². The predicted octanol–water partition coefficient (Wildman–Crippen LogP) is 3.70. The van der Waals surface area contributed by atoms with Crippen molar-refractivity contribution in [1.29, 1.82) is 0 Å². The summed E-state index contributed by atoms with van der Waals surface area (Å²) in [7, 11) is -0.463. The second-order valence-electron chi connectivity index (χ2n) is 8.82. The Bertz CT molecular complexity index is 598. The zero-order valence-corrected chi connectivity index (χ0v) is 15.9. The van der Waals surface area contributed by atoms with Gasteiger partial charge in [0.1, 0.15) is 17.1 Å². The lowest BCUT2D eigenvalue weighted by Gasteiger charge is -2.32. The predicted molar refractivity (Wildman–Crippen MR) is 96.2 cm³/mol. The molecule has 2 aliphatic rings. The van der Waals surface area contributed by atoms with Crippen LogP contribution in [0.2, 0.25) is 0 Å². The maximum atomic E-state index is 6.22. The number of benzene rings is 1. The summed E-state index contributed by atoms with van der Waals surface area (Å²) in [5.74, 6) is 1.63. The molecular weight excluding hydrogens is 303 g/mol. The highest BCUT2D eigenvalue weighted by atomic mass is 16.7. The number of rotatable bonds is 4. The van der Waals surface area contributed by atoms with Gasteiger partial charge in [-0.25, -0.2) is 0 Å². The Balaban J connectivity index is 1.93. The van der Waals surface area contributed by atoms with E-state index in [9.17, 15) is 0 Å². The quantitative estimate of drug-likeness (QED) is 0.788. The summed E-state index contributed by atoms with van der Waals surface area (Å²) in [6.45, 7) is 14.3. The molecule has 5 heteroatoms. The first-order valence-corrected chi connectivity index (χ1v) is 8.82. The fourth-order valence-corrected chi connectivity index (χ4v) is 2.56. The number of hydrogen-bond acceptors (Lipinski definition) is 4. The molecule has 1 heterocycles. The van der Waals surface area contributed by atoms with Gasteiger partial charge in [0.25, 0.3) is 0 Å². The van der Waals surface area contributed by atoms with E-state index < -0.39 is 7.12 Å². The Hall–Kier alpha value is -1.20. The third kappa shape index (κ3) is 3.73. The zero-order valence-electron chi connectivity index (χ0n) is 15.9. The van der Waals surface area contributed by atoms with Crippen LogP contribution in [0.25, 0.3) is 0 Å². The smallest absolute Gasteiger partial charge is 0.490 e. The summed E-state index contributed by atoms with van der Waals surface area (Å²) in [4.78, 5) is 0. The summed E-state index contributed by atoms with van der Waals surface area (Å²) in [6, 6.07) is 5.93. The molecule has 1 saturated carbocycles. The minimum Gasteiger partial charge on any atom is -0.490 e. The lowest BCUT2D eigenvalue weighted by Crippen LogP contribution is -2.41. The molecule has 0 spiro atoms. The van der Waals surface area contributed by atoms with E-state index in [2.05, 4.69) is 27.7 Å². The fraction of sp³-hybridized carbons (Fsp3) is 0.684. The number of ether oxygens (including phenoxy) is 2.